The van der Waals surface area contributed by atoms with Crippen LogP contribution in [-0.2, 0) is 27.9 Å². The van der Waals surface area contributed by atoms with Crippen molar-refractivity contribution in [3.05, 3.63) is 0 Å². The van der Waals surface area contributed by atoms with Crippen LogP contribution in [0.15, 0.2) is 0 Å². The molecule has 0 N–H and O–H groups in total. The minimum Gasteiger partial charge on any atom is -0.463 e. The van der Waals surface area contributed by atoms with E-state index in [4.69, 9.17) is 18.5 Å². The highest BCUT2D eigenvalue weighted by atomic mass is 32.7. The summed E-state index contributed by atoms with van der Waals surface area (Å²) in [7, 11) is 0. The maximum absolute atomic E-state index is 12.5. The zero-order valence-electron chi connectivity index (χ0n) is 13.5. The Bertz CT molecular complexity index is 321. The van der Waals surface area contributed by atoms with Crippen molar-refractivity contribution in [2.45, 2.75) is 53.2 Å². The van der Waals surface area contributed by atoms with Crippen LogP contribution in [0.25, 0.3) is 0 Å². The first kappa shape index (κ1) is 20.9. The predicted octanol–water partition coefficient (Wildman–Crippen LogP) is 3.65. The third-order valence-electron chi connectivity index (χ3n) is 1.93. The van der Waals surface area contributed by atoms with Crippen molar-refractivity contribution in [3.8, 4) is 0 Å². The molecule has 0 saturated heterocycles. The van der Waals surface area contributed by atoms with E-state index in [2.05, 4.69) is 0 Å². The number of hydrogen-bond donors (Lipinski definition) is 0. The van der Waals surface area contributed by atoms with Gasteiger partial charge in [-0.25, -0.2) is 4.57 Å². The molecule has 0 spiro atoms. The molecule has 6 nitrogen and oxygen atoms in total. The van der Waals surface area contributed by atoms with Crippen LogP contribution in [0.5, 0.6) is 0 Å². The Morgan fingerprint density at radius 1 is 1.10 bits per heavy atom. The van der Waals surface area contributed by atoms with Gasteiger partial charge < -0.3 is 9.47 Å². The zero-order chi connectivity index (χ0) is 16.3. The van der Waals surface area contributed by atoms with Gasteiger partial charge >= 0.3 is 12.8 Å². The molecule has 0 aromatic heterocycles. The molecular weight excluding hydrogens is 315 g/mol. The van der Waals surface area contributed by atoms with Crippen LogP contribution in [0, 0.1) is 0 Å². The Morgan fingerprint density at radius 2 is 1.67 bits per heavy atom. The molecule has 0 atom stereocenters. The summed E-state index contributed by atoms with van der Waals surface area (Å²) in [4.78, 5) is 11.5. The molecule has 0 amide bonds. The van der Waals surface area contributed by atoms with Crippen LogP contribution in [0.3, 0.4) is 0 Å². The van der Waals surface area contributed by atoms with Gasteiger partial charge in [0.1, 0.15) is 6.61 Å². The van der Waals surface area contributed by atoms with Gasteiger partial charge in [0.25, 0.3) is 0 Å². The van der Waals surface area contributed by atoms with Crippen molar-refractivity contribution in [3.63, 3.8) is 0 Å². The van der Waals surface area contributed by atoms with Gasteiger partial charge in [0, 0.05) is 12.4 Å². The molecule has 0 aromatic rings. The number of carbonyl (C=O) groups excluding carboxylic acids is 1. The third-order valence-corrected chi connectivity index (χ3v) is 6.01. The van der Waals surface area contributed by atoms with E-state index in [0.717, 1.165) is 11.4 Å². The van der Waals surface area contributed by atoms with Crippen LogP contribution in [0.2, 0.25) is 0 Å². The van der Waals surface area contributed by atoms with Gasteiger partial charge in [0.2, 0.25) is 0 Å². The summed E-state index contributed by atoms with van der Waals surface area (Å²) in [5, 5.41) is 0. The summed E-state index contributed by atoms with van der Waals surface area (Å²) in [6.07, 6.45) is -0.260. The second-order valence-corrected chi connectivity index (χ2v) is 8.85. The lowest BCUT2D eigenvalue weighted by molar-refractivity contribution is -0.144. The molecule has 0 bridgehead atoms. The van der Waals surface area contributed by atoms with E-state index in [1.54, 1.807) is 27.7 Å². The first-order chi connectivity index (χ1) is 9.79. The molecule has 0 aliphatic rings. The molecule has 0 aliphatic heterocycles. The van der Waals surface area contributed by atoms with Crippen molar-refractivity contribution in [1.29, 1.82) is 0 Å². The molecule has 21 heavy (non-hydrogen) atoms. The van der Waals surface area contributed by atoms with Crippen LogP contribution in [0.1, 0.15) is 41.0 Å². The quantitative estimate of drug-likeness (QED) is 0.304. The first-order valence-corrected chi connectivity index (χ1v) is 10.3. The van der Waals surface area contributed by atoms with Crippen molar-refractivity contribution in [2.24, 2.45) is 0 Å². The Morgan fingerprint density at radius 3 is 2.14 bits per heavy atom. The molecule has 0 rings (SSSR count). The zero-order valence-corrected chi connectivity index (χ0v) is 15.2. The fraction of sp³-hybridized carbons (Fsp3) is 0.923. The number of hydrogen-bond acceptors (Lipinski definition) is 7. The average Bonchev–Trinajstić information content (AvgIpc) is 2.32. The standard InChI is InChI=1S/C13H27O6PS/c1-6-16-8-9-17-13(14)7-10-21-20(15,18-11(2)3)19-12(4)5/h11-12H,6-10H2,1-5H3. The molecule has 0 radical (unpaired) electrons. The Balaban J connectivity index is 4.07. The van der Waals surface area contributed by atoms with E-state index >= 15 is 0 Å². The van der Waals surface area contributed by atoms with Crippen LogP contribution in [-0.4, -0.2) is 43.8 Å². The summed E-state index contributed by atoms with van der Waals surface area (Å²) in [5.74, 6) is -0.0210. The van der Waals surface area contributed by atoms with Crippen molar-refractivity contribution >= 4 is 24.1 Å². The SMILES string of the molecule is CCOCCOC(=O)CCSP(=O)(OC(C)C)OC(C)C. The number of rotatable bonds is 12. The fourth-order valence-electron chi connectivity index (χ4n) is 1.27. The Labute approximate surface area is 131 Å². The summed E-state index contributed by atoms with van der Waals surface area (Å²) in [6, 6.07) is 0. The first-order valence-electron chi connectivity index (χ1n) is 7.13. The average molecular weight is 342 g/mol. The second-order valence-electron chi connectivity index (χ2n) is 4.76. The van der Waals surface area contributed by atoms with Gasteiger partial charge in [-0.15, -0.1) is 0 Å². The van der Waals surface area contributed by atoms with E-state index in [-0.39, 0.29) is 31.2 Å². The van der Waals surface area contributed by atoms with E-state index in [1.807, 2.05) is 6.92 Å². The topological polar surface area (TPSA) is 71.1 Å². The van der Waals surface area contributed by atoms with Crippen LogP contribution >= 0.6 is 18.2 Å². The molecule has 8 heteroatoms. The van der Waals surface area contributed by atoms with Gasteiger partial charge in [0.05, 0.1) is 25.2 Å². The van der Waals surface area contributed by atoms with Gasteiger partial charge in [-0.05, 0) is 46.0 Å². The molecule has 0 saturated carbocycles. The van der Waals surface area contributed by atoms with E-state index < -0.39 is 6.80 Å². The fourth-order valence-corrected chi connectivity index (χ4v) is 5.30. The molecule has 0 heterocycles. The van der Waals surface area contributed by atoms with Crippen LogP contribution < -0.4 is 0 Å². The van der Waals surface area contributed by atoms with E-state index in [1.165, 1.54) is 0 Å². The highest BCUT2D eigenvalue weighted by Crippen LogP contribution is 2.62. The van der Waals surface area contributed by atoms with E-state index in [0.29, 0.717) is 19.0 Å². The molecular formula is C13H27O6PS. The Kier molecular flexibility index (Phi) is 11.5. The lowest BCUT2D eigenvalue weighted by atomic mass is 10.5. The summed E-state index contributed by atoms with van der Waals surface area (Å²) < 4.78 is 33.2. The smallest absolute Gasteiger partial charge is 0.389 e. The third kappa shape index (κ3) is 12.2. The predicted molar refractivity (Wildman–Crippen MR) is 84.6 cm³/mol. The largest absolute Gasteiger partial charge is 0.463 e. The molecule has 0 aliphatic carbocycles. The maximum Gasteiger partial charge on any atom is 0.389 e. The Hall–Kier alpha value is -0.0700. The number of esters is 1. The van der Waals surface area contributed by atoms with Gasteiger partial charge in [-0.1, -0.05) is 0 Å². The normalized spacial score (nSPS) is 12.1. The minimum atomic E-state index is -3.24. The molecule has 0 fully saturated rings. The lowest BCUT2D eigenvalue weighted by Crippen LogP contribution is -2.11. The lowest BCUT2D eigenvalue weighted by Gasteiger charge is -2.21. The van der Waals surface area contributed by atoms with Crippen molar-refractivity contribution in [1.82, 2.24) is 0 Å². The number of ether oxygens (including phenoxy) is 2. The molecule has 126 valence electrons. The van der Waals surface area contributed by atoms with Gasteiger partial charge in [0.15, 0.2) is 0 Å². The highest BCUT2D eigenvalue weighted by Gasteiger charge is 2.28. The second kappa shape index (κ2) is 11.5. The summed E-state index contributed by atoms with van der Waals surface area (Å²) >= 11 is 1.03. The maximum atomic E-state index is 12.5. The summed E-state index contributed by atoms with van der Waals surface area (Å²) in [5.41, 5.74) is 0. The molecule has 0 aromatic carbocycles. The highest BCUT2D eigenvalue weighted by molar-refractivity contribution is 8.55. The monoisotopic (exact) mass is 342 g/mol. The number of carbonyl (C=O) groups is 1. The van der Waals surface area contributed by atoms with Gasteiger partial charge in [-0.2, -0.15) is 0 Å². The summed E-state index contributed by atoms with van der Waals surface area (Å²) in [6.45, 7) is 7.02. The van der Waals surface area contributed by atoms with Gasteiger partial charge in [-0.3, -0.25) is 13.8 Å². The van der Waals surface area contributed by atoms with Crippen LogP contribution in [0.4, 0.5) is 0 Å². The van der Waals surface area contributed by atoms with E-state index in [9.17, 15) is 9.36 Å². The van der Waals surface area contributed by atoms with Crippen molar-refractivity contribution < 1.29 is 27.9 Å². The van der Waals surface area contributed by atoms with Crippen molar-refractivity contribution in [2.75, 3.05) is 25.6 Å². The minimum absolute atomic E-state index is 0.156. The molecule has 0 unspecified atom stereocenters.